The quantitative estimate of drug-likeness (QED) is 0.156. The molecule has 6 heteroatoms. The van der Waals surface area contributed by atoms with Crippen molar-refractivity contribution in [1.82, 2.24) is 9.55 Å². The predicted octanol–water partition coefficient (Wildman–Crippen LogP) is 14.6. The monoisotopic (exact) mass is 972 g/mol. The smallest absolute Gasteiger partial charge is 0.135 e. The molecule has 1 aliphatic heterocycles. The van der Waals surface area contributed by atoms with Gasteiger partial charge in [-0.3, -0.25) is 0 Å². The molecule has 3 heterocycles. The standard InChI is InChI=1S/C54H57N4O.Pt/c1-51(2,3)38-27-28-55-48(32-38)58-46-24-17-16-23-44(46)45-26-25-43(34-47(45)58)59-42-22-18-21-40(33-42)56-35-57(50(54(10,11)12)49(56)53(7,8)9)41-30-37(36-19-14-13-15-20-36)29-39(31-41)52(4,5)6;/h13-32,35H,1-12H3;/q-3;. The molecule has 0 unspecified atom stereocenters. The van der Waals surface area contributed by atoms with Crippen LogP contribution in [-0.4, -0.2) is 9.55 Å². The normalized spacial score (nSPS) is 14.0. The van der Waals surface area contributed by atoms with Crippen LogP contribution in [0.4, 0.5) is 11.4 Å². The largest absolute Gasteiger partial charge is 0.509 e. The number of anilines is 2. The van der Waals surface area contributed by atoms with Gasteiger partial charge in [-0.15, -0.1) is 48.1 Å². The number of hydrogen-bond donors (Lipinski definition) is 0. The molecule has 60 heavy (non-hydrogen) atoms. The summed E-state index contributed by atoms with van der Waals surface area (Å²) in [5, 5.41) is 2.25. The fraction of sp³-hybridized carbons (Fsp3) is 0.296. The Morgan fingerprint density at radius 3 is 1.87 bits per heavy atom. The minimum atomic E-state index is -0.201. The maximum atomic E-state index is 6.68. The van der Waals surface area contributed by atoms with Crippen molar-refractivity contribution < 1.29 is 25.8 Å². The van der Waals surface area contributed by atoms with Crippen LogP contribution >= 0.6 is 0 Å². The van der Waals surface area contributed by atoms with Crippen LogP contribution in [0.25, 0.3) is 38.8 Å². The molecule has 7 aromatic rings. The summed E-state index contributed by atoms with van der Waals surface area (Å²) in [4.78, 5) is 9.59. The van der Waals surface area contributed by atoms with Gasteiger partial charge < -0.3 is 19.1 Å². The molecule has 5 aromatic carbocycles. The molecule has 0 atom stereocenters. The number of ether oxygens (including phenoxy) is 1. The summed E-state index contributed by atoms with van der Waals surface area (Å²) in [7, 11) is 0. The average molecular weight is 973 g/mol. The van der Waals surface area contributed by atoms with Gasteiger partial charge in [0.25, 0.3) is 0 Å². The molecule has 0 amide bonds. The van der Waals surface area contributed by atoms with Crippen LogP contribution in [-0.2, 0) is 31.9 Å². The number of benzene rings is 5. The van der Waals surface area contributed by atoms with E-state index in [1.54, 1.807) is 0 Å². The van der Waals surface area contributed by atoms with Crippen molar-refractivity contribution in [3.05, 3.63) is 163 Å². The van der Waals surface area contributed by atoms with Gasteiger partial charge in [0.1, 0.15) is 5.82 Å². The van der Waals surface area contributed by atoms with Crippen LogP contribution in [0.15, 0.2) is 133 Å². The second kappa shape index (κ2) is 15.7. The zero-order valence-corrected chi connectivity index (χ0v) is 39.4. The van der Waals surface area contributed by atoms with Crippen molar-refractivity contribution in [3.63, 3.8) is 0 Å². The number of pyridine rings is 1. The summed E-state index contributed by atoms with van der Waals surface area (Å²) in [6, 6.07) is 48.1. The minimum absolute atomic E-state index is 0. The molecule has 0 aliphatic carbocycles. The molecule has 312 valence electrons. The first kappa shape index (κ1) is 43.0. The summed E-state index contributed by atoms with van der Waals surface area (Å²) in [5.74, 6) is 2.09. The van der Waals surface area contributed by atoms with E-state index >= 15 is 0 Å². The molecule has 0 N–H and O–H groups in total. The van der Waals surface area contributed by atoms with Gasteiger partial charge in [0.2, 0.25) is 0 Å². The van der Waals surface area contributed by atoms with Crippen molar-refractivity contribution in [1.29, 1.82) is 0 Å². The Kier molecular flexibility index (Phi) is 11.3. The van der Waals surface area contributed by atoms with E-state index in [1.807, 2.05) is 18.3 Å². The zero-order valence-electron chi connectivity index (χ0n) is 37.1. The Morgan fingerprint density at radius 1 is 0.533 bits per heavy atom. The molecular weight excluding hydrogens is 916 g/mol. The van der Waals surface area contributed by atoms with Crippen LogP contribution < -0.4 is 14.5 Å². The van der Waals surface area contributed by atoms with Gasteiger partial charge in [0, 0.05) is 72.2 Å². The molecule has 0 fully saturated rings. The third kappa shape index (κ3) is 8.31. The molecule has 2 aromatic heterocycles. The number of para-hydroxylation sites is 1. The van der Waals surface area contributed by atoms with Gasteiger partial charge in [0.05, 0.1) is 0 Å². The first-order valence-electron chi connectivity index (χ1n) is 20.8. The third-order valence-corrected chi connectivity index (χ3v) is 11.2. The van der Waals surface area contributed by atoms with Crippen LogP contribution in [0.5, 0.6) is 11.5 Å². The molecule has 1 aliphatic rings. The van der Waals surface area contributed by atoms with E-state index in [0.717, 1.165) is 39.0 Å². The SMILES string of the molecule is CC(C)(C)C1=C(C(C)(C)C)N(c2cc(-c3ccccc3)cc(C(C)(C)C)c2)[CH-]N1c1[c-]c(Oc2[c-]c3c(cc2)c2ccccc2n3-c2cc(C(C)(C)C)ccn2)ccc1.[Pt]. The molecule has 5 nitrogen and oxygen atoms in total. The van der Waals surface area contributed by atoms with Gasteiger partial charge in [0.15, 0.2) is 0 Å². The van der Waals surface area contributed by atoms with Crippen LogP contribution in [0.2, 0.25) is 0 Å². The molecule has 0 spiro atoms. The van der Waals surface area contributed by atoms with Crippen molar-refractivity contribution >= 4 is 33.2 Å². The Bertz CT molecular complexity index is 2720. The van der Waals surface area contributed by atoms with E-state index < -0.39 is 0 Å². The van der Waals surface area contributed by atoms with Crippen LogP contribution in [0.1, 0.15) is 94.2 Å². The van der Waals surface area contributed by atoms with E-state index in [4.69, 9.17) is 9.72 Å². The summed E-state index contributed by atoms with van der Waals surface area (Å²) in [6.45, 7) is 29.7. The zero-order chi connectivity index (χ0) is 42.1. The Labute approximate surface area is 372 Å². The average Bonchev–Trinajstić information content (AvgIpc) is 3.76. The number of fused-ring (bicyclic) bond motifs is 3. The second-order valence-electron chi connectivity index (χ2n) is 20.0. The summed E-state index contributed by atoms with van der Waals surface area (Å²) in [5.41, 5.74) is 11.0. The Morgan fingerprint density at radius 2 is 1.18 bits per heavy atom. The van der Waals surface area contributed by atoms with Crippen LogP contribution in [0.3, 0.4) is 0 Å². The van der Waals surface area contributed by atoms with Gasteiger partial charge in [-0.05, 0) is 68.8 Å². The number of allylic oxidation sites excluding steroid dienone is 2. The van der Waals surface area contributed by atoms with E-state index in [-0.39, 0.29) is 42.7 Å². The first-order chi connectivity index (χ1) is 27.8. The Balaban J connectivity index is 0.00000544. The topological polar surface area (TPSA) is 33.5 Å². The fourth-order valence-corrected chi connectivity index (χ4v) is 8.18. The first-order valence-corrected chi connectivity index (χ1v) is 20.8. The van der Waals surface area contributed by atoms with Gasteiger partial charge in [-0.25, -0.2) is 4.98 Å². The van der Waals surface area contributed by atoms with E-state index in [1.165, 1.54) is 33.6 Å². The molecule has 0 saturated carbocycles. The molecule has 8 rings (SSSR count). The van der Waals surface area contributed by atoms with Crippen molar-refractivity contribution in [3.8, 4) is 28.4 Å². The maximum Gasteiger partial charge on any atom is 0.135 e. The van der Waals surface area contributed by atoms with Gasteiger partial charge >= 0.3 is 0 Å². The maximum absolute atomic E-state index is 6.68. The summed E-state index contributed by atoms with van der Waals surface area (Å²) in [6.07, 6.45) is 1.91. The molecular formula is C54H57N4OPt-3. The predicted molar refractivity (Wildman–Crippen MR) is 247 cm³/mol. The molecule has 0 bridgehead atoms. The van der Waals surface area contributed by atoms with Crippen molar-refractivity contribution in [2.45, 2.75) is 93.9 Å². The number of nitrogens with zero attached hydrogens (tertiary/aromatic N) is 4. The fourth-order valence-electron chi connectivity index (χ4n) is 8.18. The van der Waals surface area contributed by atoms with Gasteiger partial charge in [-0.1, -0.05) is 143 Å². The molecule has 0 saturated heterocycles. The molecule has 0 radical (unpaired) electrons. The van der Waals surface area contributed by atoms with E-state index in [9.17, 15) is 0 Å². The number of aromatic nitrogens is 2. The van der Waals surface area contributed by atoms with E-state index in [2.05, 4.69) is 219 Å². The van der Waals surface area contributed by atoms with Crippen LogP contribution in [0, 0.1) is 29.6 Å². The van der Waals surface area contributed by atoms with Crippen molar-refractivity contribution in [2.75, 3.05) is 9.80 Å². The van der Waals surface area contributed by atoms with Crippen molar-refractivity contribution in [2.24, 2.45) is 10.8 Å². The number of hydrogen-bond acceptors (Lipinski definition) is 4. The summed E-state index contributed by atoms with van der Waals surface area (Å²) < 4.78 is 8.88. The third-order valence-electron chi connectivity index (χ3n) is 11.2. The number of rotatable bonds is 6. The second-order valence-corrected chi connectivity index (χ2v) is 20.0. The Hall–Kier alpha value is -5.12. The van der Waals surface area contributed by atoms with Gasteiger partial charge in [-0.2, -0.15) is 12.1 Å². The van der Waals surface area contributed by atoms with E-state index in [0.29, 0.717) is 11.5 Å². The summed E-state index contributed by atoms with van der Waals surface area (Å²) >= 11 is 0. The minimum Gasteiger partial charge on any atom is -0.509 e.